The Hall–Kier alpha value is -0.300. The number of hydrogen-bond acceptors (Lipinski definition) is 1. The van der Waals surface area contributed by atoms with Gasteiger partial charge >= 0.3 is 12.7 Å². The molecule has 0 aliphatic carbocycles. The molecule has 0 aromatic carbocycles. The van der Waals surface area contributed by atoms with Gasteiger partial charge in [-0.05, 0) is 0 Å². The molecule has 0 amide bonds. The van der Waals surface area contributed by atoms with Gasteiger partial charge in [-0.15, -0.1) is 0 Å². The normalized spacial score (nSPS) is 2.00. The Labute approximate surface area is 26.3 Å². The van der Waals surface area contributed by atoms with Crippen LogP contribution in [0, 0.1) is 6.65 Å². The van der Waals surface area contributed by atoms with Crippen molar-refractivity contribution in [2.75, 3.05) is 7.11 Å². The van der Waals surface area contributed by atoms with E-state index in [-0.39, 0.29) is 1.43 Å². The number of aliphatic hydroxyl groups is 1. The molecule has 0 rings (SSSR count). The van der Waals surface area contributed by atoms with E-state index < -0.39 is 0 Å². The minimum absolute atomic E-state index is 0. The predicted octanol–water partition coefficient (Wildman–Crippen LogP) is -0.317. The summed E-state index contributed by atoms with van der Waals surface area (Å²) >= 11 is 0. The molecular formula is C2H5O2+. The topological polar surface area (TPSA) is 40.1 Å². The maximum Gasteiger partial charge on any atom is 1.00 e. The first-order valence-corrected chi connectivity index (χ1v) is 0.651. The van der Waals surface area contributed by atoms with Gasteiger partial charge in [-0.1, -0.05) is 0 Å². The molecule has 0 aromatic heterocycles. The molecule has 0 fully saturated rings. The summed E-state index contributed by atoms with van der Waals surface area (Å²) in [6.45, 7) is 4.50. The van der Waals surface area contributed by atoms with Gasteiger partial charge < -0.3 is 5.11 Å². The van der Waals surface area contributed by atoms with Crippen LogP contribution in [0.1, 0.15) is 1.43 Å². The predicted molar refractivity (Wildman–Crippen MR) is 13.2 cm³/mol. The van der Waals surface area contributed by atoms with E-state index in [1.165, 1.54) is 0 Å². The average Bonchev–Trinajstić information content (AvgIpc) is 1.50. The molecule has 0 radical (unpaired) electrons. The molecule has 0 spiro atoms. The summed E-state index contributed by atoms with van der Waals surface area (Å²) in [7, 11) is 1.00. The monoisotopic (exact) mass is 61.0 g/mol. The molecule has 4 heavy (non-hydrogen) atoms. The molecule has 24 valence electrons. The summed E-state index contributed by atoms with van der Waals surface area (Å²) in [5.74, 6) is 0. The third-order valence-electron chi connectivity index (χ3n) is 0. The Bertz CT molecular complexity index is 12.4. The Morgan fingerprint density at radius 3 is 1.75 bits per heavy atom. The first-order chi connectivity index (χ1) is 2.00. The Kier molecular flexibility index (Phi) is 202. The standard InChI is InChI=1S/CH4O.CO/c2*1-2/h2H,1H3;/p+1. The molecule has 0 aliphatic rings. The molecule has 0 atom stereocenters. The van der Waals surface area contributed by atoms with Crippen LogP contribution in [0.25, 0.3) is 0 Å². The number of rotatable bonds is 0. The van der Waals surface area contributed by atoms with Crippen LogP contribution in [0.3, 0.4) is 0 Å². The van der Waals surface area contributed by atoms with Gasteiger partial charge in [0.1, 0.15) is 0 Å². The summed E-state index contributed by atoms with van der Waals surface area (Å²) in [5, 5.41) is 7.00. The van der Waals surface area contributed by atoms with Crippen molar-refractivity contribution in [3.05, 3.63) is 6.65 Å². The van der Waals surface area contributed by atoms with Gasteiger partial charge in [0, 0.05) is 7.11 Å². The van der Waals surface area contributed by atoms with Gasteiger partial charge in [-0.2, -0.15) is 0 Å². The van der Waals surface area contributed by atoms with Crippen molar-refractivity contribution in [2.24, 2.45) is 0 Å². The van der Waals surface area contributed by atoms with Crippen LogP contribution < -0.4 is 0 Å². The number of aliphatic hydroxyl groups excluding tert-OH is 1. The fourth-order valence-corrected chi connectivity index (χ4v) is 0. The third-order valence-corrected chi connectivity index (χ3v) is 0. The van der Waals surface area contributed by atoms with E-state index in [1.54, 1.807) is 0 Å². The maximum atomic E-state index is 7.50. The summed E-state index contributed by atoms with van der Waals surface area (Å²) in [4.78, 5) is 0. The van der Waals surface area contributed by atoms with Crippen molar-refractivity contribution >= 4 is 0 Å². The second-order valence-corrected chi connectivity index (χ2v) is 0. The van der Waals surface area contributed by atoms with Crippen LogP contribution in [-0.4, -0.2) is 12.2 Å². The number of hydrogen-bond donors (Lipinski definition) is 1. The molecule has 0 heterocycles. The minimum Gasteiger partial charge on any atom is 1.00 e. The summed E-state index contributed by atoms with van der Waals surface area (Å²) < 4.78 is 7.50. The minimum atomic E-state index is 0. The molecule has 2 nitrogen and oxygen atoms in total. The van der Waals surface area contributed by atoms with Crippen LogP contribution in [-0.2, 0) is 4.65 Å². The van der Waals surface area contributed by atoms with E-state index in [9.17, 15) is 0 Å². The SMILES string of the molecule is CO.[C-]#[O+].[H+]. The molecule has 0 saturated carbocycles. The van der Waals surface area contributed by atoms with E-state index in [0.717, 1.165) is 7.11 Å². The second kappa shape index (κ2) is 86.7. The van der Waals surface area contributed by atoms with E-state index in [4.69, 9.17) is 9.76 Å². The first kappa shape index (κ1) is 9.33. The van der Waals surface area contributed by atoms with Crippen LogP contribution in [0.15, 0.2) is 0 Å². The van der Waals surface area contributed by atoms with Crippen molar-refractivity contribution in [1.82, 2.24) is 0 Å². The van der Waals surface area contributed by atoms with Crippen LogP contribution in [0.4, 0.5) is 0 Å². The van der Waals surface area contributed by atoms with Gasteiger partial charge in [0.2, 0.25) is 0 Å². The van der Waals surface area contributed by atoms with Gasteiger partial charge in [-0.25, -0.2) is 0 Å². The van der Waals surface area contributed by atoms with E-state index in [2.05, 4.69) is 6.65 Å². The molecular weight excluding hydrogens is 56.0 g/mol. The zero-order valence-corrected chi connectivity index (χ0v) is 2.36. The fraction of sp³-hybridized carbons (Fsp3) is 0.500. The molecule has 0 bridgehead atoms. The van der Waals surface area contributed by atoms with Crippen molar-refractivity contribution in [3.8, 4) is 0 Å². The molecule has 0 unspecified atom stereocenters. The van der Waals surface area contributed by atoms with Gasteiger partial charge in [0.05, 0.1) is 0 Å². The largest absolute Gasteiger partial charge is 1.00 e. The molecule has 0 aromatic rings. The Morgan fingerprint density at radius 1 is 1.75 bits per heavy atom. The molecule has 0 aliphatic heterocycles. The average molecular weight is 61.1 g/mol. The second-order valence-electron chi connectivity index (χ2n) is 0. The maximum absolute atomic E-state index is 7.50. The molecule has 2 heteroatoms. The molecule has 0 saturated heterocycles. The fourth-order valence-electron chi connectivity index (χ4n) is 0. The van der Waals surface area contributed by atoms with Crippen LogP contribution in [0.5, 0.6) is 0 Å². The zero-order chi connectivity index (χ0) is 4.00. The smallest absolute Gasteiger partial charge is 1.00 e. The summed E-state index contributed by atoms with van der Waals surface area (Å²) in [6.07, 6.45) is 0. The quantitative estimate of drug-likeness (QED) is 0.302. The molecule has 1 N–H and O–H groups in total. The summed E-state index contributed by atoms with van der Waals surface area (Å²) in [6, 6.07) is 0. The Morgan fingerprint density at radius 2 is 1.75 bits per heavy atom. The van der Waals surface area contributed by atoms with Crippen LogP contribution >= 0.6 is 0 Å². The van der Waals surface area contributed by atoms with Crippen molar-refractivity contribution in [1.29, 1.82) is 0 Å². The van der Waals surface area contributed by atoms with Crippen LogP contribution in [0.2, 0.25) is 0 Å². The van der Waals surface area contributed by atoms with Gasteiger partial charge in [-0.3, -0.25) is 0 Å². The van der Waals surface area contributed by atoms with Gasteiger partial charge in [0.15, 0.2) is 0 Å². The van der Waals surface area contributed by atoms with Gasteiger partial charge in [0.25, 0.3) is 0 Å². The zero-order valence-electron chi connectivity index (χ0n) is 3.36. The van der Waals surface area contributed by atoms with Crippen molar-refractivity contribution < 1.29 is 11.2 Å². The van der Waals surface area contributed by atoms with E-state index in [1.807, 2.05) is 0 Å². The van der Waals surface area contributed by atoms with Crippen molar-refractivity contribution in [2.45, 2.75) is 0 Å². The first-order valence-electron chi connectivity index (χ1n) is 0.651. The van der Waals surface area contributed by atoms with E-state index >= 15 is 0 Å². The van der Waals surface area contributed by atoms with Crippen molar-refractivity contribution in [3.63, 3.8) is 0 Å². The third kappa shape index (κ3) is 9.26. The Balaban J connectivity index is -0.0000000133. The summed E-state index contributed by atoms with van der Waals surface area (Å²) in [5.41, 5.74) is 0. The van der Waals surface area contributed by atoms with E-state index in [0.29, 0.717) is 0 Å².